The molecule has 12 nitrogen and oxygen atoms in total. The molecule has 14 heteroatoms. The maximum atomic E-state index is 13.2. The quantitative estimate of drug-likeness (QED) is 0.261. The van der Waals surface area contributed by atoms with Crippen molar-refractivity contribution in [3.8, 4) is 23.0 Å². The SMILES string of the molecule is CCS(=O)(=O)Nc1cc(O)cc(O)c1C1C([O-])C(c2c(O)cc(O)cc2NS(=O)(=O)CC)C1[O-]. The van der Waals surface area contributed by atoms with E-state index in [0.29, 0.717) is 0 Å². The molecule has 6 N–H and O–H groups in total. The summed E-state index contributed by atoms with van der Waals surface area (Å²) in [6, 6.07) is 3.61. The van der Waals surface area contributed by atoms with Crippen molar-refractivity contribution in [3.05, 3.63) is 35.4 Å². The Kier molecular flexibility index (Phi) is 6.81. The first-order valence-corrected chi connectivity index (χ1v) is 13.5. The van der Waals surface area contributed by atoms with Crippen molar-refractivity contribution < 1.29 is 47.5 Å². The lowest BCUT2D eigenvalue weighted by molar-refractivity contribution is -0.536. The molecule has 0 aromatic heterocycles. The standard InChI is InChI=1S/C20H24N2O10S2/c1-3-33(29,30)21-11-5-9(23)7-13(25)15(11)17-19(27)18(20(17)28)16-12(22-34(31,32)4-2)6-10(24)8-14(16)26/h5-8,17-26H,3-4H2,1-2H3/q-2. The van der Waals surface area contributed by atoms with Gasteiger partial charge in [-0.1, -0.05) is 0 Å². The summed E-state index contributed by atoms with van der Waals surface area (Å²) in [5.74, 6) is -6.10. The molecule has 3 rings (SSSR count). The molecule has 0 heterocycles. The first-order valence-electron chi connectivity index (χ1n) is 10.2. The van der Waals surface area contributed by atoms with Gasteiger partial charge >= 0.3 is 0 Å². The highest BCUT2D eigenvalue weighted by molar-refractivity contribution is 7.92. The minimum absolute atomic E-state index is 0.319. The van der Waals surface area contributed by atoms with E-state index in [-0.39, 0.29) is 34.0 Å². The van der Waals surface area contributed by atoms with Crippen LogP contribution in [0.5, 0.6) is 23.0 Å². The molecule has 2 aromatic rings. The predicted molar refractivity (Wildman–Crippen MR) is 119 cm³/mol. The van der Waals surface area contributed by atoms with Gasteiger partial charge in [-0.3, -0.25) is 9.44 Å². The van der Waals surface area contributed by atoms with Crippen molar-refractivity contribution >= 4 is 31.4 Å². The lowest BCUT2D eigenvalue weighted by atomic mass is 9.62. The van der Waals surface area contributed by atoms with E-state index in [1.54, 1.807) is 0 Å². The summed E-state index contributed by atoms with van der Waals surface area (Å²) in [5, 5.41) is 66.7. The maximum absolute atomic E-state index is 13.2. The van der Waals surface area contributed by atoms with Crippen molar-refractivity contribution in [1.82, 2.24) is 0 Å². The van der Waals surface area contributed by atoms with Crippen LogP contribution in [0.1, 0.15) is 36.8 Å². The molecule has 34 heavy (non-hydrogen) atoms. The van der Waals surface area contributed by atoms with E-state index in [2.05, 4.69) is 9.44 Å². The second-order valence-corrected chi connectivity index (χ2v) is 11.9. The zero-order chi connectivity index (χ0) is 25.6. The Labute approximate surface area is 196 Å². The number of rotatable bonds is 8. The van der Waals surface area contributed by atoms with E-state index in [4.69, 9.17) is 0 Å². The highest BCUT2D eigenvalue weighted by Gasteiger charge is 2.43. The van der Waals surface area contributed by atoms with Gasteiger partial charge in [0.1, 0.15) is 23.0 Å². The van der Waals surface area contributed by atoms with E-state index in [9.17, 15) is 47.5 Å². The van der Waals surface area contributed by atoms with Gasteiger partial charge < -0.3 is 30.6 Å². The van der Waals surface area contributed by atoms with Gasteiger partial charge in [-0.25, -0.2) is 16.8 Å². The second kappa shape index (κ2) is 9.02. The fourth-order valence-electron chi connectivity index (χ4n) is 3.93. The fraction of sp³-hybridized carbons (Fsp3) is 0.400. The lowest BCUT2D eigenvalue weighted by Gasteiger charge is -2.62. The monoisotopic (exact) mass is 516 g/mol. The number of hydrogen-bond donors (Lipinski definition) is 6. The highest BCUT2D eigenvalue weighted by atomic mass is 32.2. The van der Waals surface area contributed by atoms with Gasteiger partial charge in [-0.15, -0.1) is 12.2 Å². The van der Waals surface area contributed by atoms with Crippen LogP contribution >= 0.6 is 0 Å². The maximum Gasteiger partial charge on any atom is 0.232 e. The van der Waals surface area contributed by atoms with Crippen molar-refractivity contribution in [2.45, 2.75) is 37.9 Å². The molecule has 1 aliphatic rings. The molecule has 1 saturated carbocycles. The average molecular weight is 517 g/mol. The molecule has 1 aliphatic carbocycles. The van der Waals surface area contributed by atoms with Crippen LogP contribution in [0.4, 0.5) is 11.4 Å². The predicted octanol–water partition coefficient (Wildman–Crippen LogP) is -0.629. The summed E-state index contributed by atoms with van der Waals surface area (Å²) >= 11 is 0. The second-order valence-electron chi connectivity index (χ2n) is 7.84. The Morgan fingerprint density at radius 2 is 1.03 bits per heavy atom. The molecule has 0 aliphatic heterocycles. The molecule has 1 fully saturated rings. The summed E-state index contributed by atoms with van der Waals surface area (Å²) in [6.07, 6.45) is -3.69. The Morgan fingerprint density at radius 1 is 0.706 bits per heavy atom. The molecule has 0 spiro atoms. The normalized spacial score (nSPS) is 22.7. The van der Waals surface area contributed by atoms with Gasteiger partial charge in [-0.05, 0) is 25.7 Å². The summed E-state index contributed by atoms with van der Waals surface area (Å²) in [5.41, 5.74) is -1.32. The number of benzene rings is 2. The van der Waals surface area contributed by atoms with Gasteiger partial charge in [0.05, 0.1) is 22.9 Å². The third-order valence-corrected chi connectivity index (χ3v) is 8.24. The van der Waals surface area contributed by atoms with E-state index in [1.165, 1.54) is 13.8 Å². The zero-order valence-corrected chi connectivity index (χ0v) is 19.7. The third-order valence-electron chi connectivity index (χ3n) is 5.66. The van der Waals surface area contributed by atoms with Crippen LogP contribution in [-0.4, -0.2) is 61.0 Å². The van der Waals surface area contributed by atoms with Gasteiger partial charge in [0.25, 0.3) is 0 Å². The number of anilines is 2. The van der Waals surface area contributed by atoms with Crippen LogP contribution in [0, 0.1) is 0 Å². The van der Waals surface area contributed by atoms with E-state index in [0.717, 1.165) is 24.3 Å². The molecule has 0 saturated heterocycles. The van der Waals surface area contributed by atoms with Gasteiger partial charge in [0.15, 0.2) is 0 Å². The highest BCUT2D eigenvalue weighted by Crippen LogP contribution is 2.54. The molecule has 0 radical (unpaired) electrons. The fourth-order valence-corrected chi connectivity index (χ4v) is 5.22. The van der Waals surface area contributed by atoms with E-state index >= 15 is 0 Å². The van der Waals surface area contributed by atoms with Crippen LogP contribution in [0.15, 0.2) is 24.3 Å². The minimum atomic E-state index is -3.91. The smallest absolute Gasteiger partial charge is 0.232 e. The van der Waals surface area contributed by atoms with Crippen LogP contribution in [-0.2, 0) is 20.0 Å². The number of nitrogens with one attached hydrogen (secondary N) is 2. The molecule has 0 unspecified atom stereocenters. The minimum Gasteiger partial charge on any atom is -0.851 e. The molecular weight excluding hydrogens is 492 g/mol. The number of phenolic OH excluding ortho intramolecular Hbond substituents is 4. The van der Waals surface area contributed by atoms with Crippen molar-refractivity contribution in [1.29, 1.82) is 0 Å². The van der Waals surface area contributed by atoms with Gasteiger partial charge in [-0.2, -0.15) is 0 Å². The first kappa shape index (κ1) is 25.7. The zero-order valence-electron chi connectivity index (χ0n) is 18.1. The van der Waals surface area contributed by atoms with E-state index in [1.807, 2.05) is 0 Å². The van der Waals surface area contributed by atoms with Crippen LogP contribution in [0.3, 0.4) is 0 Å². The molecule has 0 bridgehead atoms. The molecule has 0 amide bonds. The Hall–Kier alpha value is -2.94. The number of hydrogen-bond acceptors (Lipinski definition) is 10. The molecule has 188 valence electrons. The van der Waals surface area contributed by atoms with Crippen molar-refractivity contribution in [3.63, 3.8) is 0 Å². The van der Waals surface area contributed by atoms with Crippen molar-refractivity contribution in [2.24, 2.45) is 0 Å². The third kappa shape index (κ3) is 4.80. The summed E-state index contributed by atoms with van der Waals surface area (Å²) in [4.78, 5) is 0. The van der Waals surface area contributed by atoms with Crippen LogP contribution in [0.2, 0.25) is 0 Å². The topological polar surface area (TPSA) is 219 Å². The molecular formula is C20H24N2O10S2-2. The lowest BCUT2D eigenvalue weighted by Crippen LogP contribution is -2.63. The molecule has 0 atom stereocenters. The Bertz CT molecular complexity index is 1200. The first-order chi connectivity index (χ1) is 15.7. The Balaban J connectivity index is 2.08. The number of sulfonamides is 2. The largest absolute Gasteiger partial charge is 0.851 e. The molecule has 2 aromatic carbocycles. The number of aromatic hydroxyl groups is 4. The summed E-state index contributed by atoms with van der Waals surface area (Å²) in [6.45, 7) is 2.67. The summed E-state index contributed by atoms with van der Waals surface area (Å²) in [7, 11) is -7.82. The van der Waals surface area contributed by atoms with Crippen molar-refractivity contribution in [2.75, 3.05) is 20.9 Å². The van der Waals surface area contributed by atoms with Gasteiger partial charge in [0.2, 0.25) is 20.0 Å². The van der Waals surface area contributed by atoms with Gasteiger partial charge in [0, 0.05) is 35.4 Å². The average Bonchev–Trinajstić information content (AvgIpc) is 2.72. The Morgan fingerprint density at radius 3 is 1.32 bits per heavy atom. The number of phenols is 4. The van der Waals surface area contributed by atoms with E-state index < -0.39 is 67.1 Å². The summed E-state index contributed by atoms with van der Waals surface area (Å²) < 4.78 is 52.5. The van der Waals surface area contributed by atoms with Crippen LogP contribution < -0.4 is 19.7 Å². The van der Waals surface area contributed by atoms with Crippen LogP contribution in [0.25, 0.3) is 0 Å².